The number of nitrogens with one attached hydrogen (secondary N) is 1. The van der Waals surface area contributed by atoms with Crippen molar-refractivity contribution in [3.05, 3.63) is 31.4 Å². The second kappa shape index (κ2) is 5.46. The van der Waals surface area contributed by atoms with Crippen molar-refractivity contribution in [2.45, 2.75) is 32.7 Å². The molecule has 2 rings (SSSR count). The smallest absolute Gasteiger partial charge is 0.195 e. The molecule has 0 aliphatic carbocycles. The standard InChI is InChI=1S/C11H14BrN3S2/c1-7(2)10-13-14-11(16)15(10)6-5-8-3-4-9(12)17-8/h3-4,7H,5-6H2,1-2H3,(H,14,16). The number of aryl methyl sites for hydroxylation is 1. The van der Waals surface area contributed by atoms with E-state index in [1.807, 2.05) is 0 Å². The summed E-state index contributed by atoms with van der Waals surface area (Å²) >= 11 is 10.5. The summed E-state index contributed by atoms with van der Waals surface area (Å²) in [5.41, 5.74) is 0. The van der Waals surface area contributed by atoms with Crippen molar-refractivity contribution < 1.29 is 0 Å². The van der Waals surface area contributed by atoms with Gasteiger partial charge in [-0.2, -0.15) is 5.10 Å². The van der Waals surface area contributed by atoms with Gasteiger partial charge in [-0.25, -0.2) is 0 Å². The monoisotopic (exact) mass is 331 g/mol. The molecule has 0 aliphatic heterocycles. The van der Waals surface area contributed by atoms with Gasteiger partial charge in [-0.3, -0.25) is 5.10 Å². The maximum atomic E-state index is 5.25. The Morgan fingerprint density at radius 3 is 2.88 bits per heavy atom. The summed E-state index contributed by atoms with van der Waals surface area (Å²) in [4.78, 5) is 1.36. The quantitative estimate of drug-likeness (QED) is 0.854. The van der Waals surface area contributed by atoms with E-state index in [4.69, 9.17) is 12.2 Å². The molecule has 0 unspecified atom stereocenters. The molecule has 2 aromatic rings. The van der Waals surface area contributed by atoms with E-state index in [9.17, 15) is 0 Å². The third-order valence-electron chi connectivity index (χ3n) is 2.51. The van der Waals surface area contributed by atoms with Crippen molar-refractivity contribution in [2.75, 3.05) is 0 Å². The Morgan fingerprint density at radius 2 is 2.29 bits per heavy atom. The van der Waals surface area contributed by atoms with E-state index in [0.717, 1.165) is 18.8 Å². The molecule has 0 aromatic carbocycles. The van der Waals surface area contributed by atoms with Crippen LogP contribution in [0.5, 0.6) is 0 Å². The fourth-order valence-electron chi connectivity index (χ4n) is 1.69. The third-order valence-corrected chi connectivity index (χ3v) is 4.51. The van der Waals surface area contributed by atoms with Crippen LogP contribution in [0.3, 0.4) is 0 Å². The van der Waals surface area contributed by atoms with Crippen LogP contribution in [0.4, 0.5) is 0 Å². The van der Waals surface area contributed by atoms with Gasteiger partial charge >= 0.3 is 0 Å². The van der Waals surface area contributed by atoms with Gasteiger partial charge in [-0.15, -0.1) is 11.3 Å². The van der Waals surface area contributed by atoms with E-state index >= 15 is 0 Å². The lowest BCUT2D eigenvalue weighted by Crippen LogP contribution is -2.07. The van der Waals surface area contributed by atoms with E-state index in [1.165, 1.54) is 8.66 Å². The highest BCUT2D eigenvalue weighted by atomic mass is 79.9. The van der Waals surface area contributed by atoms with Crippen molar-refractivity contribution in [1.29, 1.82) is 0 Å². The Balaban J connectivity index is 2.13. The molecular weight excluding hydrogens is 318 g/mol. The molecule has 2 heterocycles. The number of aromatic nitrogens is 3. The average Bonchev–Trinajstić information content (AvgIpc) is 2.82. The summed E-state index contributed by atoms with van der Waals surface area (Å²) in [7, 11) is 0. The van der Waals surface area contributed by atoms with Crippen LogP contribution in [-0.2, 0) is 13.0 Å². The molecule has 0 atom stereocenters. The van der Waals surface area contributed by atoms with Crippen LogP contribution in [0, 0.1) is 4.77 Å². The summed E-state index contributed by atoms with van der Waals surface area (Å²) in [6.45, 7) is 5.14. The highest BCUT2D eigenvalue weighted by molar-refractivity contribution is 9.11. The largest absolute Gasteiger partial charge is 0.304 e. The maximum Gasteiger partial charge on any atom is 0.195 e. The molecule has 0 saturated heterocycles. The summed E-state index contributed by atoms with van der Waals surface area (Å²) in [5, 5.41) is 7.14. The Kier molecular flexibility index (Phi) is 4.17. The topological polar surface area (TPSA) is 33.6 Å². The van der Waals surface area contributed by atoms with Crippen LogP contribution >= 0.6 is 39.5 Å². The van der Waals surface area contributed by atoms with Gasteiger partial charge < -0.3 is 4.57 Å². The molecule has 17 heavy (non-hydrogen) atoms. The normalized spacial score (nSPS) is 11.3. The van der Waals surface area contributed by atoms with Gasteiger partial charge in [0.2, 0.25) is 0 Å². The first-order valence-corrected chi connectivity index (χ1v) is 7.49. The number of nitrogens with zero attached hydrogens (tertiary/aromatic N) is 2. The molecule has 0 aliphatic rings. The number of halogens is 1. The number of rotatable bonds is 4. The Labute approximate surface area is 118 Å². The van der Waals surface area contributed by atoms with Gasteiger partial charge in [0.25, 0.3) is 0 Å². The summed E-state index contributed by atoms with van der Waals surface area (Å²) < 4.78 is 3.98. The van der Waals surface area contributed by atoms with Crippen molar-refractivity contribution in [3.8, 4) is 0 Å². The molecule has 2 aromatic heterocycles. The zero-order chi connectivity index (χ0) is 12.4. The van der Waals surface area contributed by atoms with Crippen molar-refractivity contribution in [1.82, 2.24) is 14.8 Å². The molecule has 0 fully saturated rings. The minimum atomic E-state index is 0.387. The van der Waals surface area contributed by atoms with Crippen LogP contribution < -0.4 is 0 Å². The molecule has 0 bridgehead atoms. The van der Waals surface area contributed by atoms with E-state index in [1.54, 1.807) is 11.3 Å². The Morgan fingerprint density at radius 1 is 1.53 bits per heavy atom. The van der Waals surface area contributed by atoms with Gasteiger partial charge in [-0.1, -0.05) is 13.8 Å². The molecule has 6 heteroatoms. The van der Waals surface area contributed by atoms with Crippen LogP contribution in [0.25, 0.3) is 0 Å². The lowest BCUT2D eigenvalue weighted by atomic mass is 10.2. The van der Waals surface area contributed by atoms with E-state index in [2.05, 4.69) is 56.7 Å². The van der Waals surface area contributed by atoms with E-state index in [-0.39, 0.29) is 0 Å². The molecule has 0 radical (unpaired) electrons. The SMILES string of the molecule is CC(C)c1n[nH]c(=S)n1CCc1ccc(Br)s1. The van der Waals surface area contributed by atoms with Crippen LogP contribution in [0.1, 0.15) is 30.5 Å². The van der Waals surface area contributed by atoms with Crippen LogP contribution in [-0.4, -0.2) is 14.8 Å². The minimum absolute atomic E-state index is 0.387. The number of hydrogen-bond donors (Lipinski definition) is 1. The second-order valence-electron chi connectivity index (χ2n) is 4.15. The first-order valence-electron chi connectivity index (χ1n) is 5.47. The zero-order valence-corrected chi connectivity index (χ0v) is 13.0. The zero-order valence-electron chi connectivity index (χ0n) is 9.74. The van der Waals surface area contributed by atoms with Gasteiger partial charge in [0, 0.05) is 17.3 Å². The van der Waals surface area contributed by atoms with Crippen LogP contribution in [0.15, 0.2) is 15.9 Å². The van der Waals surface area contributed by atoms with Gasteiger partial charge in [0.1, 0.15) is 5.82 Å². The fourth-order valence-corrected chi connectivity index (χ4v) is 3.40. The number of thiophene rings is 1. The van der Waals surface area contributed by atoms with Crippen molar-refractivity contribution in [2.24, 2.45) is 0 Å². The van der Waals surface area contributed by atoms with Gasteiger partial charge in [0.05, 0.1) is 3.79 Å². The van der Waals surface area contributed by atoms with Crippen LogP contribution in [0.2, 0.25) is 0 Å². The molecule has 3 nitrogen and oxygen atoms in total. The molecule has 0 saturated carbocycles. The summed E-state index contributed by atoms with van der Waals surface area (Å²) in [5.74, 6) is 1.42. The number of H-pyrrole nitrogens is 1. The first kappa shape index (κ1) is 13.0. The molecular formula is C11H14BrN3S2. The van der Waals surface area contributed by atoms with E-state index < -0.39 is 0 Å². The summed E-state index contributed by atoms with van der Waals surface area (Å²) in [6, 6.07) is 4.23. The van der Waals surface area contributed by atoms with Crippen molar-refractivity contribution in [3.63, 3.8) is 0 Å². The van der Waals surface area contributed by atoms with E-state index in [0.29, 0.717) is 10.7 Å². The highest BCUT2D eigenvalue weighted by Gasteiger charge is 2.10. The Bertz CT molecular complexity index is 553. The highest BCUT2D eigenvalue weighted by Crippen LogP contribution is 2.23. The van der Waals surface area contributed by atoms with Gasteiger partial charge in [0.15, 0.2) is 4.77 Å². The summed E-state index contributed by atoms with van der Waals surface area (Å²) in [6.07, 6.45) is 0.990. The first-order chi connectivity index (χ1) is 8.08. The number of aromatic amines is 1. The third kappa shape index (κ3) is 3.05. The molecule has 92 valence electrons. The lowest BCUT2D eigenvalue weighted by molar-refractivity contribution is 0.617. The lowest BCUT2D eigenvalue weighted by Gasteiger charge is -2.08. The second-order valence-corrected chi connectivity index (χ2v) is 7.08. The average molecular weight is 332 g/mol. The predicted molar refractivity (Wildman–Crippen MR) is 77.2 cm³/mol. The predicted octanol–water partition coefficient (Wildman–Crippen LogP) is 4.13. The Hall–Kier alpha value is -0.460. The maximum absolute atomic E-state index is 5.25. The fraction of sp³-hybridized carbons (Fsp3) is 0.455. The number of hydrogen-bond acceptors (Lipinski definition) is 3. The molecule has 0 amide bonds. The minimum Gasteiger partial charge on any atom is -0.304 e. The van der Waals surface area contributed by atoms with Crippen molar-refractivity contribution >= 4 is 39.5 Å². The molecule has 1 N–H and O–H groups in total. The van der Waals surface area contributed by atoms with Gasteiger partial charge in [-0.05, 0) is 46.7 Å². The molecule has 0 spiro atoms.